The third-order valence-electron chi connectivity index (χ3n) is 2.46. The van der Waals surface area contributed by atoms with Crippen molar-refractivity contribution in [2.45, 2.75) is 26.4 Å². The van der Waals surface area contributed by atoms with E-state index in [2.05, 4.69) is 79.8 Å². The van der Waals surface area contributed by atoms with Crippen molar-refractivity contribution in [3.63, 3.8) is 0 Å². The SMILES string of the molecule is CC(C)(C)Oc1ccc(-c2ccc(I)cc2)cc1. The van der Waals surface area contributed by atoms with Crippen LogP contribution in [0, 0.1) is 3.57 Å². The summed E-state index contributed by atoms with van der Waals surface area (Å²) < 4.78 is 7.06. The van der Waals surface area contributed by atoms with Crippen LogP contribution in [-0.2, 0) is 0 Å². The molecule has 0 spiro atoms. The summed E-state index contributed by atoms with van der Waals surface area (Å²) >= 11 is 2.32. The Labute approximate surface area is 122 Å². The second kappa shape index (κ2) is 5.31. The van der Waals surface area contributed by atoms with Crippen molar-refractivity contribution in [1.82, 2.24) is 0 Å². The molecule has 0 aromatic heterocycles. The highest BCUT2D eigenvalue weighted by atomic mass is 127. The van der Waals surface area contributed by atoms with Gasteiger partial charge in [-0.25, -0.2) is 0 Å². The molecule has 2 heteroatoms. The lowest BCUT2D eigenvalue weighted by Gasteiger charge is -2.21. The maximum Gasteiger partial charge on any atom is 0.120 e. The van der Waals surface area contributed by atoms with Crippen LogP contribution in [-0.4, -0.2) is 5.60 Å². The van der Waals surface area contributed by atoms with E-state index < -0.39 is 0 Å². The largest absolute Gasteiger partial charge is 0.488 e. The van der Waals surface area contributed by atoms with Gasteiger partial charge in [-0.2, -0.15) is 0 Å². The zero-order chi connectivity index (χ0) is 13.2. The Kier molecular flexibility index (Phi) is 3.95. The number of benzene rings is 2. The standard InChI is InChI=1S/C16H17IO/c1-16(2,3)18-15-10-6-13(7-11-15)12-4-8-14(17)9-5-12/h4-11H,1-3H3. The molecule has 0 radical (unpaired) electrons. The molecule has 2 aromatic rings. The number of halogens is 1. The summed E-state index contributed by atoms with van der Waals surface area (Å²) in [5.41, 5.74) is 2.30. The van der Waals surface area contributed by atoms with Crippen LogP contribution in [0.3, 0.4) is 0 Å². The quantitative estimate of drug-likeness (QED) is 0.681. The lowest BCUT2D eigenvalue weighted by molar-refractivity contribution is 0.131. The highest BCUT2D eigenvalue weighted by molar-refractivity contribution is 14.1. The fraction of sp³-hybridized carbons (Fsp3) is 0.250. The van der Waals surface area contributed by atoms with Crippen LogP contribution in [0.5, 0.6) is 5.75 Å². The van der Waals surface area contributed by atoms with Crippen molar-refractivity contribution < 1.29 is 4.74 Å². The molecular weight excluding hydrogens is 335 g/mol. The zero-order valence-corrected chi connectivity index (χ0v) is 13.1. The van der Waals surface area contributed by atoms with Gasteiger partial charge < -0.3 is 4.74 Å². The fourth-order valence-electron chi connectivity index (χ4n) is 1.71. The molecule has 0 atom stereocenters. The van der Waals surface area contributed by atoms with Gasteiger partial charge in [-0.15, -0.1) is 0 Å². The predicted molar refractivity (Wildman–Crippen MR) is 85.0 cm³/mol. The molecule has 1 nitrogen and oxygen atoms in total. The van der Waals surface area contributed by atoms with Gasteiger partial charge in [-0.3, -0.25) is 0 Å². The Bertz CT molecular complexity index is 506. The minimum atomic E-state index is -0.148. The van der Waals surface area contributed by atoms with E-state index in [-0.39, 0.29) is 5.60 Å². The summed E-state index contributed by atoms with van der Waals surface area (Å²) in [6, 6.07) is 16.8. The maximum absolute atomic E-state index is 5.81. The van der Waals surface area contributed by atoms with E-state index in [4.69, 9.17) is 4.74 Å². The van der Waals surface area contributed by atoms with Crippen LogP contribution >= 0.6 is 22.6 Å². The Morgan fingerprint density at radius 2 is 1.22 bits per heavy atom. The van der Waals surface area contributed by atoms with E-state index in [1.165, 1.54) is 14.7 Å². The van der Waals surface area contributed by atoms with Gasteiger partial charge in [0.2, 0.25) is 0 Å². The molecule has 94 valence electrons. The second-order valence-corrected chi connectivity index (χ2v) is 6.49. The van der Waals surface area contributed by atoms with Crippen LogP contribution in [0.4, 0.5) is 0 Å². The van der Waals surface area contributed by atoms with Crippen molar-refractivity contribution in [1.29, 1.82) is 0 Å². The fourth-order valence-corrected chi connectivity index (χ4v) is 2.07. The topological polar surface area (TPSA) is 9.23 Å². The summed E-state index contributed by atoms with van der Waals surface area (Å²) in [4.78, 5) is 0. The first kappa shape index (κ1) is 13.4. The maximum atomic E-state index is 5.81. The minimum absolute atomic E-state index is 0.148. The number of ether oxygens (including phenoxy) is 1. The van der Waals surface area contributed by atoms with Crippen molar-refractivity contribution in [2.24, 2.45) is 0 Å². The minimum Gasteiger partial charge on any atom is -0.488 e. The van der Waals surface area contributed by atoms with E-state index in [1.807, 2.05) is 12.1 Å². The van der Waals surface area contributed by atoms with Crippen LogP contribution in [0.15, 0.2) is 48.5 Å². The van der Waals surface area contributed by atoms with Crippen molar-refractivity contribution in [2.75, 3.05) is 0 Å². The monoisotopic (exact) mass is 352 g/mol. The van der Waals surface area contributed by atoms with Crippen molar-refractivity contribution in [3.8, 4) is 16.9 Å². The number of hydrogen-bond acceptors (Lipinski definition) is 1. The Morgan fingerprint density at radius 3 is 1.67 bits per heavy atom. The van der Waals surface area contributed by atoms with Gasteiger partial charge in [0, 0.05) is 3.57 Å². The van der Waals surface area contributed by atoms with Crippen LogP contribution < -0.4 is 4.74 Å². The average molecular weight is 352 g/mol. The number of hydrogen-bond donors (Lipinski definition) is 0. The molecule has 0 aliphatic rings. The van der Waals surface area contributed by atoms with Gasteiger partial charge in [0.05, 0.1) is 0 Å². The van der Waals surface area contributed by atoms with Crippen molar-refractivity contribution >= 4 is 22.6 Å². The van der Waals surface area contributed by atoms with E-state index in [9.17, 15) is 0 Å². The zero-order valence-electron chi connectivity index (χ0n) is 10.9. The lowest BCUT2D eigenvalue weighted by atomic mass is 10.1. The van der Waals surface area contributed by atoms with Crippen molar-refractivity contribution in [3.05, 3.63) is 52.1 Å². The molecule has 0 aliphatic carbocycles. The molecule has 0 unspecified atom stereocenters. The number of rotatable bonds is 2. The Balaban J connectivity index is 2.20. The third kappa shape index (κ3) is 3.73. The molecule has 18 heavy (non-hydrogen) atoms. The first-order valence-electron chi connectivity index (χ1n) is 5.99. The molecule has 0 heterocycles. The normalized spacial score (nSPS) is 11.3. The van der Waals surface area contributed by atoms with Gasteiger partial charge >= 0.3 is 0 Å². The third-order valence-corrected chi connectivity index (χ3v) is 3.18. The smallest absolute Gasteiger partial charge is 0.120 e. The summed E-state index contributed by atoms with van der Waals surface area (Å²) in [6.07, 6.45) is 0. The molecule has 0 saturated heterocycles. The van der Waals surface area contributed by atoms with Gasteiger partial charge in [0.1, 0.15) is 11.4 Å². The van der Waals surface area contributed by atoms with E-state index >= 15 is 0 Å². The van der Waals surface area contributed by atoms with Gasteiger partial charge in [-0.05, 0) is 78.8 Å². The predicted octanol–water partition coefficient (Wildman–Crippen LogP) is 5.14. The van der Waals surface area contributed by atoms with Gasteiger partial charge in [0.25, 0.3) is 0 Å². The molecule has 2 rings (SSSR count). The van der Waals surface area contributed by atoms with Crippen LogP contribution in [0.2, 0.25) is 0 Å². The summed E-state index contributed by atoms with van der Waals surface area (Å²) in [7, 11) is 0. The molecular formula is C16H17IO. The van der Waals surface area contributed by atoms with E-state index in [0.717, 1.165) is 5.75 Å². The highest BCUT2D eigenvalue weighted by Crippen LogP contribution is 2.25. The van der Waals surface area contributed by atoms with Crippen LogP contribution in [0.25, 0.3) is 11.1 Å². The Hall–Kier alpha value is -1.03. The molecule has 0 amide bonds. The second-order valence-electron chi connectivity index (χ2n) is 5.25. The Morgan fingerprint density at radius 1 is 0.778 bits per heavy atom. The molecule has 0 saturated carbocycles. The lowest BCUT2D eigenvalue weighted by Crippen LogP contribution is -2.22. The molecule has 2 aromatic carbocycles. The molecule has 0 N–H and O–H groups in total. The summed E-state index contributed by atoms with van der Waals surface area (Å²) in [5.74, 6) is 0.914. The van der Waals surface area contributed by atoms with Gasteiger partial charge in [0.15, 0.2) is 0 Å². The first-order chi connectivity index (χ1) is 8.44. The van der Waals surface area contributed by atoms with Crippen LogP contribution in [0.1, 0.15) is 20.8 Å². The van der Waals surface area contributed by atoms with Gasteiger partial charge in [-0.1, -0.05) is 24.3 Å². The molecule has 0 bridgehead atoms. The highest BCUT2D eigenvalue weighted by Gasteiger charge is 2.11. The summed E-state index contributed by atoms with van der Waals surface area (Å²) in [6.45, 7) is 6.17. The first-order valence-corrected chi connectivity index (χ1v) is 7.07. The summed E-state index contributed by atoms with van der Waals surface area (Å²) in [5, 5.41) is 0. The van der Waals surface area contributed by atoms with E-state index in [1.54, 1.807) is 0 Å². The van der Waals surface area contributed by atoms with E-state index in [0.29, 0.717) is 0 Å². The molecule has 0 aliphatic heterocycles. The average Bonchev–Trinajstić information content (AvgIpc) is 2.29. The molecule has 0 fully saturated rings.